The lowest BCUT2D eigenvalue weighted by Gasteiger charge is -2.24. The van der Waals surface area contributed by atoms with Crippen molar-refractivity contribution in [2.45, 2.75) is 92.1 Å². The van der Waals surface area contributed by atoms with Crippen LogP contribution in [0.3, 0.4) is 0 Å². The van der Waals surface area contributed by atoms with Gasteiger partial charge in [0, 0.05) is 73.2 Å². The van der Waals surface area contributed by atoms with Crippen LogP contribution in [0, 0.1) is 0 Å². The number of hydrogen-bond acceptors (Lipinski definition) is 26. The summed E-state index contributed by atoms with van der Waals surface area (Å²) in [7, 11) is 0. The molecule has 0 amide bonds. The largest absolute Gasteiger partial charge is 0.492 e. The first kappa shape index (κ1) is 85.2. The maximum Gasteiger partial charge on any atom is 0.357 e. The molecule has 1 aromatic heterocycles. The molecule has 114 heavy (non-hydrogen) atoms. The van der Waals surface area contributed by atoms with Crippen LogP contribution in [0.2, 0.25) is 0 Å². The number of carbonyl (C=O) groups excluding carboxylic acids is 12. The third-order valence-corrected chi connectivity index (χ3v) is 16.2. The molecule has 4 unspecified atom stereocenters. The van der Waals surface area contributed by atoms with Gasteiger partial charge >= 0.3 is 59.3 Å². The van der Waals surface area contributed by atoms with Gasteiger partial charge in [-0.05, 0) is 115 Å². The second kappa shape index (κ2) is 39.3. The Hall–Kier alpha value is -14.4. The lowest BCUT2D eigenvalue weighted by molar-refractivity contribution is -0.157. The van der Waals surface area contributed by atoms with Crippen molar-refractivity contribution in [3.05, 3.63) is 298 Å². The number of para-hydroxylation sites is 4. The fraction of sp³-hybridized carbons (Fsp3) is 0.193. The zero-order valence-corrected chi connectivity index (χ0v) is 63.2. The molecule has 8 aromatic rings. The summed E-state index contributed by atoms with van der Waals surface area (Å²) in [5.74, 6) is -0.985. The number of ketones is 3. The maximum atomic E-state index is 11.6. The first-order valence-electron chi connectivity index (χ1n) is 34.8. The quantitative estimate of drug-likeness (QED) is 0.0321. The molecule has 0 saturated carbocycles. The molecule has 0 radical (unpaired) electrons. The van der Waals surface area contributed by atoms with Crippen molar-refractivity contribution < 1.29 is 119 Å². The molecule has 26 nitrogen and oxygen atoms in total. The Labute approximate surface area is 654 Å². The summed E-state index contributed by atoms with van der Waals surface area (Å²) < 4.78 is 66.6. The van der Waals surface area contributed by atoms with E-state index in [2.05, 4.69) is 46.1 Å². The highest BCUT2D eigenvalue weighted by molar-refractivity contribution is 6.04. The predicted octanol–water partition coefficient (Wildman–Crippen LogP) is 14.7. The van der Waals surface area contributed by atoms with Gasteiger partial charge < -0.3 is 61.3 Å². The van der Waals surface area contributed by atoms with Crippen molar-refractivity contribution in [3.63, 3.8) is 0 Å². The normalized spacial score (nSPS) is 15.4. The molecule has 0 fully saturated rings. The van der Waals surface area contributed by atoms with E-state index < -0.39 is 71.7 Å². The highest BCUT2D eigenvalue weighted by Crippen LogP contribution is 2.39. The topological polar surface area (TPSA) is 346 Å². The van der Waals surface area contributed by atoms with E-state index in [0.717, 1.165) is 22.9 Å². The minimum atomic E-state index is -0.972. The van der Waals surface area contributed by atoms with Gasteiger partial charge in [0.2, 0.25) is 11.9 Å². The van der Waals surface area contributed by atoms with Crippen LogP contribution in [0.5, 0.6) is 46.0 Å². The van der Waals surface area contributed by atoms with Crippen molar-refractivity contribution in [1.82, 2.24) is 0 Å². The molecular formula is C88H78O26. The third kappa shape index (κ3) is 23.1. The van der Waals surface area contributed by atoms with E-state index in [1.54, 1.807) is 144 Å². The van der Waals surface area contributed by atoms with Crippen LogP contribution in [0.15, 0.2) is 258 Å². The monoisotopic (exact) mass is 1550 g/mol. The summed E-state index contributed by atoms with van der Waals surface area (Å²) in [4.78, 5) is 148. The minimum absolute atomic E-state index is 0.000487. The molecule has 5 aliphatic heterocycles. The van der Waals surface area contributed by atoms with E-state index in [-0.39, 0.29) is 65.8 Å². The van der Waals surface area contributed by atoms with Gasteiger partial charge in [-0.3, -0.25) is 19.2 Å². The third-order valence-electron chi connectivity index (χ3n) is 16.2. The Morgan fingerprint density at radius 3 is 1.37 bits per heavy atom. The Morgan fingerprint density at radius 2 is 0.807 bits per heavy atom. The first-order valence-corrected chi connectivity index (χ1v) is 34.8. The number of benzene rings is 7. The Morgan fingerprint density at radius 1 is 0.368 bits per heavy atom. The Kier molecular flexibility index (Phi) is 29.3. The van der Waals surface area contributed by atoms with Crippen LogP contribution in [0.4, 0.5) is 0 Å². The van der Waals surface area contributed by atoms with Crippen LogP contribution in [0.25, 0.3) is 11.0 Å². The van der Waals surface area contributed by atoms with Crippen molar-refractivity contribution in [2.24, 2.45) is 0 Å². The van der Waals surface area contributed by atoms with E-state index in [0.29, 0.717) is 121 Å². The van der Waals surface area contributed by atoms with Gasteiger partial charge in [-0.2, -0.15) is 0 Å². The average Bonchev–Trinajstić information content (AvgIpc) is 1.09. The number of fused-ring (bicyclic) bond motifs is 7. The van der Waals surface area contributed by atoms with E-state index in [4.69, 9.17) is 61.3 Å². The van der Waals surface area contributed by atoms with Gasteiger partial charge in [-0.1, -0.05) is 137 Å². The number of ether oxygens (including phenoxy) is 12. The summed E-state index contributed by atoms with van der Waals surface area (Å²) in [5.41, 5.74) is 6.57. The molecule has 26 heteroatoms. The molecule has 0 spiro atoms. The van der Waals surface area contributed by atoms with Crippen LogP contribution >= 0.6 is 0 Å². The van der Waals surface area contributed by atoms with Crippen molar-refractivity contribution >= 4 is 82.0 Å². The smallest absolute Gasteiger partial charge is 0.357 e. The molecule has 6 heterocycles. The Bertz CT molecular complexity index is 5320. The van der Waals surface area contributed by atoms with Gasteiger partial charge in [0.15, 0.2) is 24.3 Å². The summed E-state index contributed by atoms with van der Waals surface area (Å²) in [5, 5.41) is 0.571. The second-order valence-electron chi connectivity index (χ2n) is 25.8. The zero-order chi connectivity index (χ0) is 83.2. The second-order valence-corrected chi connectivity index (χ2v) is 25.8. The fourth-order valence-corrected chi connectivity index (χ4v) is 10.4. The molecule has 1 aliphatic carbocycles. The van der Waals surface area contributed by atoms with Crippen molar-refractivity contribution in [2.75, 3.05) is 19.8 Å². The van der Waals surface area contributed by atoms with Gasteiger partial charge in [0.25, 0.3) is 0 Å². The van der Waals surface area contributed by atoms with E-state index >= 15 is 0 Å². The van der Waals surface area contributed by atoms with Crippen LogP contribution in [-0.4, -0.2) is 90.9 Å². The predicted molar refractivity (Wildman–Crippen MR) is 412 cm³/mol. The van der Waals surface area contributed by atoms with Gasteiger partial charge in [-0.15, -0.1) is 0 Å². The van der Waals surface area contributed by atoms with E-state index in [9.17, 15) is 62.3 Å². The van der Waals surface area contributed by atoms with Crippen molar-refractivity contribution in [3.8, 4) is 46.0 Å². The van der Waals surface area contributed by atoms with Crippen LogP contribution in [0.1, 0.15) is 145 Å². The number of Topliss-reactive ketones (excluding diaryl/α,β-unsaturated/α-hetero) is 3. The molecular weight excluding hydrogens is 1470 g/mol. The number of hydrogen-bond donors (Lipinski definition) is 0. The summed E-state index contributed by atoms with van der Waals surface area (Å²) in [6.07, 6.45) is -1.69. The molecule has 4 atom stereocenters. The Balaban J connectivity index is 0.000000167. The maximum absolute atomic E-state index is 11.6. The minimum Gasteiger partial charge on any atom is -0.492 e. The lowest BCUT2D eigenvalue weighted by atomic mass is 10.0. The molecule has 0 N–H and O–H groups in total. The molecule has 0 saturated heterocycles. The summed E-state index contributed by atoms with van der Waals surface area (Å²) in [6, 6.07) is 46.1. The van der Waals surface area contributed by atoms with Gasteiger partial charge in [-0.25, -0.2) is 43.2 Å². The fourth-order valence-electron chi connectivity index (χ4n) is 10.4. The van der Waals surface area contributed by atoms with Crippen molar-refractivity contribution in [1.29, 1.82) is 0 Å². The van der Waals surface area contributed by atoms with Crippen LogP contribution in [-0.2, 0) is 62.1 Å². The zero-order valence-electron chi connectivity index (χ0n) is 63.2. The highest BCUT2D eigenvalue weighted by Gasteiger charge is 2.37. The highest BCUT2D eigenvalue weighted by atomic mass is 16.6. The van der Waals surface area contributed by atoms with Gasteiger partial charge in [0.1, 0.15) is 70.4 Å². The number of esters is 9. The number of rotatable bonds is 14. The molecule has 14 rings (SSSR count). The van der Waals surface area contributed by atoms with E-state index in [1.165, 1.54) is 26.0 Å². The lowest BCUT2D eigenvalue weighted by Crippen LogP contribution is -2.23. The molecule has 586 valence electrons. The summed E-state index contributed by atoms with van der Waals surface area (Å²) in [6.45, 7) is 36.2. The first-order chi connectivity index (χ1) is 54.2. The molecule has 6 aliphatic rings. The standard InChI is InChI=1S/2C13H12O4.C13H10O4.C13H12O3.2C12H10O4.C12H12O3/c1-8(2)13(15)17-9-3-4-12-10(7-9)11(14)5-6-16-12;2*1-8(2)13(15)17-11-7-12(14)16-10-6-4-3-5-9(10)11;1-8(2)13(15)16-12-7-11(14)9-5-3-4-6-10(9)12;1-7(2)12(14)16-8-3-4-11-9(5-8)10(13)6-15-11;1-7(2)11(13)16-10-8-5-3-4-6-9(8)15-12(10)14;1-8(2)12(13)15-11-7-14-10-6-4-3-5-9(10)11/h3-4,7H,1,5-6H2,2H3;3-6,11H,1,7H2,2H3;3-7H,1H2,2H3;3-6,12H,1,7H2,2H3;3-5H,1,6H2,2H3;3-6,10H,1H2,2H3;3-6,11H,1,7H2,2H3. The summed E-state index contributed by atoms with van der Waals surface area (Å²) >= 11 is 0. The molecule has 7 aromatic carbocycles. The van der Waals surface area contributed by atoms with E-state index in [1.807, 2.05) is 36.4 Å². The SMILES string of the molecule is C=C(C)C(=O)OC1C(=O)Oc2ccccc21.C=C(C)C(=O)OC1CC(=O)Oc2ccccc21.C=C(C)C(=O)OC1CC(=O)c2ccccc21.C=C(C)C(=O)OC1COc2ccccc21.C=C(C)C(=O)Oc1cc(=O)oc2ccccc12.C=C(C)C(=O)Oc1ccc2c(c1)C(=O)CCO2.C=C(C)C(=O)Oc1ccc2c(c1)C(=O)CO2. The van der Waals surface area contributed by atoms with Gasteiger partial charge in [0.05, 0.1) is 42.0 Å². The molecule has 0 bridgehead atoms. The number of carbonyl (C=O) groups is 12. The van der Waals surface area contributed by atoms with Crippen LogP contribution < -0.4 is 43.5 Å². The average molecular weight is 1550 g/mol.